The predicted molar refractivity (Wildman–Crippen MR) is 77.8 cm³/mol. The number of rotatable bonds is 5. The van der Waals surface area contributed by atoms with Crippen molar-refractivity contribution in [2.24, 2.45) is 0 Å². The van der Waals surface area contributed by atoms with E-state index in [-0.39, 0.29) is 12.6 Å². The maximum absolute atomic E-state index is 12.1. The van der Waals surface area contributed by atoms with Crippen LogP contribution >= 0.6 is 0 Å². The molecule has 0 atom stereocenters. The molecule has 2 aromatic rings. The van der Waals surface area contributed by atoms with Gasteiger partial charge in [-0.3, -0.25) is 0 Å². The van der Waals surface area contributed by atoms with E-state index >= 15 is 0 Å². The van der Waals surface area contributed by atoms with Crippen molar-refractivity contribution >= 4 is 10.5 Å². The van der Waals surface area contributed by atoms with Gasteiger partial charge in [0.2, 0.25) is 0 Å². The van der Waals surface area contributed by atoms with Gasteiger partial charge in [0.25, 0.3) is 0 Å². The molecule has 4 heteroatoms. The van der Waals surface area contributed by atoms with E-state index in [1.165, 1.54) is 0 Å². The van der Waals surface area contributed by atoms with Gasteiger partial charge in [-0.1, -0.05) is 0 Å². The van der Waals surface area contributed by atoms with E-state index in [2.05, 4.69) is 0 Å². The first-order chi connectivity index (χ1) is 10.1. The Morgan fingerprint density at radius 1 is 0.952 bits per heavy atom. The van der Waals surface area contributed by atoms with Gasteiger partial charge in [0.05, 0.1) is 0 Å². The molecule has 0 heterocycles. The Morgan fingerprint density at radius 2 is 1.48 bits per heavy atom. The molecule has 0 spiro atoms. The summed E-state index contributed by atoms with van der Waals surface area (Å²) >= 11 is -1.50. The number of aryl methyl sites for hydroxylation is 2. The van der Waals surface area contributed by atoms with Gasteiger partial charge >= 0.3 is 128 Å². The third kappa shape index (κ3) is 4.62. The summed E-state index contributed by atoms with van der Waals surface area (Å²) in [6, 6.07) is 14.8. The Bertz CT molecular complexity index is 573. The monoisotopic (exact) mass is 329 g/mol. The first kappa shape index (κ1) is 15.6. The summed E-state index contributed by atoms with van der Waals surface area (Å²) in [5, 5.41) is 0.341. The van der Waals surface area contributed by atoms with Crippen molar-refractivity contribution < 1.29 is 27.0 Å². The number of esters is 1. The van der Waals surface area contributed by atoms with Crippen molar-refractivity contribution in [1.82, 2.24) is 0 Å². The molecule has 0 N–H and O–H groups in total. The summed E-state index contributed by atoms with van der Waals surface area (Å²) < 4.78 is 18.0. The van der Waals surface area contributed by atoms with Gasteiger partial charge in [-0.25, -0.2) is 0 Å². The van der Waals surface area contributed by atoms with Crippen LogP contribution in [0.25, 0.3) is 0 Å². The number of carbonyl (C=O) groups is 1. The molecule has 0 saturated heterocycles. The minimum absolute atomic E-state index is 0.161. The molecule has 2 aromatic carbocycles. The number of ether oxygens (including phenoxy) is 1. The molecule has 2 rings (SSSR count). The number of carbonyl (C=O) groups excluding carboxylic acids is 1. The summed E-state index contributed by atoms with van der Waals surface area (Å²) in [4.78, 5) is 11.8. The SMILES string of the molecule is Cc1ccc(C(=O)OC[CH2][Co](=[O])[c]2ccc(C)cc2)cc1. The predicted octanol–water partition coefficient (Wildman–Crippen LogP) is 3.17. The summed E-state index contributed by atoms with van der Waals surface area (Å²) in [7, 11) is 0. The van der Waals surface area contributed by atoms with Gasteiger partial charge in [0, 0.05) is 0 Å². The van der Waals surface area contributed by atoms with Crippen LogP contribution in [0.2, 0.25) is 5.36 Å². The van der Waals surface area contributed by atoms with E-state index in [4.69, 9.17) is 4.74 Å². The van der Waals surface area contributed by atoms with Crippen LogP contribution in [0.15, 0.2) is 48.5 Å². The van der Waals surface area contributed by atoms with E-state index < -0.39 is 13.6 Å². The summed E-state index contributed by atoms with van der Waals surface area (Å²) in [5.41, 5.74) is 2.74. The second-order valence-electron chi connectivity index (χ2n) is 4.72. The van der Waals surface area contributed by atoms with Gasteiger partial charge in [0.1, 0.15) is 0 Å². The first-order valence-corrected chi connectivity index (χ1v) is 8.31. The fourth-order valence-corrected chi connectivity index (χ4v) is 2.87. The minimum atomic E-state index is -1.50. The van der Waals surface area contributed by atoms with Crippen LogP contribution in [-0.4, -0.2) is 12.6 Å². The van der Waals surface area contributed by atoms with Crippen LogP contribution in [0.1, 0.15) is 21.5 Å². The zero-order valence-electron chi connectivity index (χ0n) is 12.1. The topological polar surface area (TPSA) is 43.4 Å². The Labute approximate surface area is 128 Å². The van der Waals surface area contributed by atoms with Crippen molar-refractivity contribution in [3.63, 3.8) is 0 Å². The zero-order valence-corrected chi connectivity index (χ0v) is 13.1. The molecule has 0 bridgehead atoms. The molecule has 0 aliphatic rings. The molecule has 0 aromatic heterocycles. The molecule has 0 fully saturated rings. The number of hydrogen-bond acceptors (Lipinski definition) is 3. The second-order valence-corrected chi connectivity index (χ2v) is 6.72. The fraction of sp³-hybridized carbons (Fsp3) is 0.235. The second kappa shape index (κ2) is 7.29. The average molecular weight is 329 g/mol. The van der Waals surface area contributed by atoms with Crippen molar-refractivity contribution in [3.05, 3.63) is 65.2 Å². The first-order valence-electron chi connectivity index (χ1n) is 6.63. The molecular weight excluding hydrogens is 311 g/mol. The van der Waals surface area contributed by atoms with Gasteiger partial charge in [-0.05, 0) is 0 Å². The van der Waals surface area contributed by atoms with Crippen LogP contribution in [0.4, 0.5) is 0 Å². The molecular formula is C17H18CoO3. The van der Waals surface area contributed by atoms with Gasteiger partial charge in [-0.2, -0.15) is 0 Å². The van der Waals surface area contributed by atoms with Gasteiger partial charge in [0.15, 0.2) is 0 Å². The molecule has 3 nitrogen and oxygen atoms in total. The summed E-state index contributed by atoms with van der Waals surface area (Å²) in [6.45, 7) is 4.11. The fourth-order valence-electron chi connectivity index (χ4n) is 1.71. The van der Waals surface area contributed by atoms with Gasteiger partial charge < -0.3 is 0 Å². The Hall–Kier alpha value is -1.78. The Balaban J connectivity index is 1.83. The van der Waals surface area contributed by atoms with Crippen LogP contribution in [0, 0.1) is 13.8 Å². The van der Waals surface area contributed by atoms with Crippen LogP contribution in [-0.2, 0) is 22.2 Å². The van der Waals surface area contributed by atoms with Gasteiger partial charge in [-0.15, -0.1) is 0 Å². The van der Waals surface area contributed by atoms with Crippen LogP contribution in [0.3, 0.4) is 0 Å². The summed E-state index contributed by atoms with van der Waals surface area (Å²) in [5.74, 6) is -0.373. The van der Waals surface area contributed by atoms with E-state index in [1.807, 2.05) is 50.2 Å². The van der Waals surface area contributed by atoms with E-state index in [1.54, 1.807) is 12.1 Å². The number of benzene rings is 2. The van der Waals surface area contributed by atoms with E-state index in [9.17, 15) is 8.66 Å². The van der Waals surface area contributed by atoms with E-state index in [0.717, 1.165) is 15.6 Å². The van der Waals surface area contributed by atoms with Crippen molar-refractivity contribution in [2.45, 2.75) is 19.2 Å². The summed E-state index contributed by atoms with van der Waals surface area (Å²) in [6.07, 6.45) is 0. The van der Waals surface area contributed by atoms with Crippen LogP contribution in [0.5, 0.6) is 0 Å². The quantitative estimate of drug-likeness (QED) is 0.792. The number of hydrogen-bond donors (Lipinski definition) is 0. The van der Waals surface area contributed by atoms with Crippen molar-refractivity contribution in [2.75, 3.05) is 6.61 Å². The van der Waals surface area contributed by atoms with E-state index in [0.29, 0.717) is 10.9 Å². The molecule has 0 aliphatic carbocycles. The Morgan fingerprint density at radius 3 is 2.05 bits per heavy atom. The molecule has 0 amide bonds. The standard InChI is InChI=1S/C10H11O2.C7H7.Co.O/c1-3-12-10(11)9-6-4-8(2)5-7-9;1-7-5-3-2-4-6-7;;/h4-7H,1,3H2,2H3;3-6H,1H3;;. The molecule has 0 saturated carbocycles. The third-order valence-corrected chi connectivity index (χ3v) is 4.65. The van der Waals surface area contributed by atoms with Crippen LogP contribution < -0.4 is 4.50 Å². The molecule has 0 aliphatic heterocycles. The molecule has 0 unspecified atom stereocenters. The maximum atomic E-state index is 12.1. The van der Waals surface area contributed by atoms with Crippen molar-refractivity contribution in [3.8, 4) is 0 Å². The van der Waals surface area contributed by atoms with Crippen molar-refractivity contribution in [1.29, 1.82) is 0 Å². The third-order valence-electron chi connectivity index (χ3n) is 2.95. The zero-order chi connectivity index (χ0) is 15.2. The average Bonchev–Trinajstić information content (AvgIpc) is 2.48. The Kier molecular flexibility index (Phi) is 5.42. The molecule has 21 heavy (non-hydrogen) atoms. The molecule has 113 valence electrons. The molecule has 0 radical (unpaired) electrons. The normalized spacial score (nSPS) is 11.0.